The average Bonchev–Trinajstić information content (AvgIpc) is 3.07. The largest absolute Gasteiger partial charge is 0.472 e. The van der Waals surface area contributed by atoms with Gasteiger partial charge in [-0.05, 0) is 31.4 Å². The first kappa shape index (κ1) is 27.9. The number of benzene rings is 1. The Kier molecular flexibility index (Phi) is 11.2. The SMILES string of the molecule is CCCCc1nc2c(N)nnc(OC(C)C)c2n1Cc1ccc(CNC(C)C)cc1.Cl.Cl. The highest BCUT2D eigenvalue weighted by Gasteiger charge is 2.20. The maximum Gasteiger partial charge on any atom is 0.260 e. The summed E-state index contributed by atoms with van der Waals surface area (Å²) in [4.78, 5) is 4.83. The predicted octanol–water partition coefficient (Wildman–Crippen LogP) is 4.93. The number of halogens is 2. The first-order valence-corrected chi connectivity index (χ1v) is 10.9. The molecule has 0 aliphatic heterocycles. The van der Waals surface area contributed by atoms with Crippen LogP contribution in [0, 0.1) is 0 Å². The van der Waals surface area contributed by atoms with E-state index in [1.54, 1.807) is 0 Å². The Morgan fingerprint density at radius 1 is 1.03 bits per heavy atom. The molecule has 0 spiro atoms. The molecular formula is C23H36Cl2N6O. The molecule has 0 fully saturated rings. The predicted molar refractivity (Wildman–Crippen MR) is 136 cm³/mol. The molecule has 3 N–H and O–H groups in total. The van der Waals surface area contributed by atoms with Gasteiger partial charge in [0.25, 0.3) is 5.88 Å². The molecule has 0 saturated heterocycles. The van der Waals surface area contributed by atoms with Crippen LogP contribution in [0.3, 0.4) is 0 Å². The number of aromatic nitrogens is 4. The molecule has 32 heavy (non-hydrogen) atoms. The van der Waals surface area contributed by atoms with Gasteiger partial charge in [-0.1, -0.05) is 51.5 Å². The van der Waals surface area contributed by atoms with Crippen molar-refractivity contribution in [2.75, 3.05) is 5.73 Å². The van der Waals surface area contributed by atoms with Gasteiger partial charge in [-0.25, -0.2) is 4.98 Å². The highest BCUT2D eigenvalue weighted by molar-refractivity contribution is 5.88. The van der Waals surface area contributed by atoms with E-state index in [9.17, 15) is 0 Å². The molecule has 178 valence electrons. The molecular weight excluding hydrogens is 447 g/mol. The Morgan fingerprint density at radius 2 is 1.69 bits per heavy atom. The van der Waals surface area contributed by atoms with Crippen LogP contribution in [0.4, 0.5) is 5.82 Å². The van der Waals surface area contributed by atoms with Gasteiger partial charge in [0.15, 0.2) is 5.82 Å². The summed E-state index contributed by atoms with van der Waals surface area (Å²) in [6, 6.07) is 9.17. The normalized spacial score (nSPS) is 11.0. The maximum atomic E-state index is 6.13. The molecule has 2 heterocycles. The fourth-order valence-electron chi connectivity index (χ4n) is 3.35. The monoisotopic (exact) mass is 482 g/mol. The first-order valence-electron chi connectivity index (χ1n) is 10.9. The number of imidazole rings is 1. The van der Waals surface area contributed by atoms with E-state index in [0.717, 1.165) is 37.1 Å². The van der Waals surface area contributed by atoms with Gasteiger partial charge in [0.2, 0.25) is 0 Å². The topological polar surface area (TPSA) is 90.9 Å². The van der Waals surface area contributed by atoms with E-state index in [4.69, 9.17) is 15.5 Å². The van der Waals surface area contributed by atoms with E-state index in [1.165, 1.54) is 11.1 Å². The maximum absolute atomic E-state index is 6.13. The van der Waals surface area contributed by atoms with Crippen molar-refractivity contribution in [2.24, 2.45) is 0 Å². The second-order valence-electron chi connectivity index (χ2n) is 8.32. The summed E-state index contributed by atoms with van der Waals surface area (Å²) < 4.78 is 8.14. The summed E-state index contributed by atoms with van der Waals surface area (Å²) in [6.07, 6.45) is 3.02. The number of fused-ring (bicyclic) bond motifs is 1. The number of anilines is 1. The molecule has 2 aromatic heterocycles. The number of rotatable bonds is 10. The van der Waals surface area contributed by atoms with Crippen LogP contribution in [0.2, 0.25) is 0 Å². The molecule has 0 aliphatic rings. The van der Waals surface area contributed by atoms with Crippen molar-refractivity contribution in [1.29, 1.82) is 0 Å². The van der Waals surface area contributed by atoms with Crippen LogP contribution >= 0.6 is 24.8 Å². The van der Waals surface area contributed by atoms with Crippen LogP contribution < -0.4 is 15.8 Å². The van der Waals surface area contributed by atoms with E-state index in [-0.39, 0.29) is 30.9 Å². The molecule has 0 radical (unpaired) electrons. The van der Waals surface area contributed by atoms with Gasteiger partial charge in [-0.3, -0.25) is 0 Å². The van der Waals surface area contributed by atoms with E-state index in [0.29, 0.717) is 29.8 Å². The van der Waals surface area contributed by atoms with Crippen LogP contribution in [0.15, 0.2) is 24.3 Å². The van der Waals surface area contributed by atoms with Crippen LogP contribution in [-0.2, 0) is 19.5 Å². The van der Waals surface area contributed by atoms with Crippen LogP contribution in [0.1, 0.15) is 64.4 Å². The molecule has 0 bridgehead atoms. The lowest BCUT2D eigenvalue weighted by atomic mass is 10.1. The van der Waals surface area contributed by atoms with Crippen molar-refractivity contribution in [3.8, 4) is 5.88 Å². The zero-order valence-corrected chi connectivity index (χ0v) is 21.2. The van der Waals surface area contributed by atoms with Gasteiger partial charge in [0.1, 0.15) is 16.9 Å². The number of nitrogens with two attached hydrogens (primary N) is 1. The van der Waals surface area contributed by atoms with Crippen LogP contribution in [0.5, 0.6) is 5.88 Å². The third-order valence-corrected chi connectivity index (χ3v) is 4.92. The fourth-order valence-corrected chi connectivity index (χ4v) is 3.35. The number of nitrogens with zero attached hydrogens (tertiary/aromatic N) is 4. The molecule has 7 nitrogen and oxygen atoms in total. The van der Waals surface area contributed by atoms with Crippen molar-refractivity contribution in [3.05, 3.63) is 41.2 Å². The van der Waals surface area contributed by atoms with Crippen molar-refractivity contribution in [1.82, 2.24) is 25.1 Å². The minimum absolute atomic E-state index is 0. The molecule has 3 aromatic rings. The van der Waals surface area contributed by atoms with Crippen LogP contribution in [0.25, 0.3) is 11.0 Å². The highest BCUT2D eigenvalue weighted by atomic mass is 35.5. The number of nitrogen functional groups attached to an aromatic ring is 1. The van der Waals surface area contributed by atoms with Crippen molar-refractivity contribution in [2.45, 2.75) is 79.1 Å². The summed E-state index contributed by atoms with van der Waals surface area (Å²) in [7, 11) is 0. The van der Waals surface area contributed by atoms with Gasteiger partial charge in [-0.15, -0.1) is 35.0 Å². The number of hydrogen-bond donors (Lipinski definition) is 2. The quantitative estimate of drug-likeness (QED) is 0.425. The molecule has 0 aliphatic carbocycles. The fraction of sp³-hybridized carbons (Fsp3) is 0.522. The van der Waals surface area contributed by atoms with E-state index in [2.05, 4.69) is 65.1 Å². The van der Waals surface area contributed by atoms with Crippen molar-refractivity contribution >= 4 is 41.7 Å². The van der Waals surface area contributed by atoms with Crippen molar-refractivity contribution < 1.29 is 4.74 Å². The lowest BCUT2D eigenvalue weighted by Crippen LogP contribution is -2.21. The van der Waals surface area contributed by atoms with Crippen LogP contribution in [-0.4, -0.2) is 31.9 Å². The number of ether oxygens (including phenoxy) is 1. The third-order valence-electron chi connectivity index (χ3n) is 4.92. The zero-order chi connectivity index (χ0) is 21.7. The molecule has 0 unspecified atom stereocenters. The van der Waals surface area contributed by atoms with E-state index >= 15 is 0 Å². The summed E-state index contributed by atoms with van der Waals surface area (Å²) in [6.45, 7) is 12.0. The lowest BCUT2D eigenvalue weighted by molar-refractivity contribution is 0.232. The molecule has 0 atom stereocenters. The Labute approximate surface area is 203 Å². The van der Waals surface area contributed by atoms with Gasteiger partial charge in [0, 0.05) is 25.6 Å². The molecule has 0 saturated carbocycles. The number of aryl methyl sites for hydroxylation is 1. The highest BCUT2D eigenvalue weighted by Crippen LogP contribution is 2.29. The van der Waals surface area contributed by atoms with Crippen molar-refractivity contribution in [3.63, 3.8) is 0 Å². The number of nitrogens with one attached hydrogen (secondary N) is 1. The second kappa shape index (κ2) is 12.8. The average molecular weight is 483 g/mol. The second-order valence-corrected chi connectivity index (χ2v) is 8.32. The standard InChI is InChI=1S/C23H34N6O.2ClH/c1-6-7-8-19-26-20-21(23(30-16(4)5)28-27-22(20)24)29(19)14-18-11-9-17(10-12-18)13-25-15(2)3;;/h9-12,15-16,25H,6-8,13-14H2,1-5H3,(H2,24,27);2*1H. The molecule has 3 rings (SSSR count). The minimum atomic E-state index is -0.0127. The van der Waals surface area contributed by atoms with E-state index < -0.39 is 0 Å². The Morgan fingerprint density at radius 3 is 2.28 bits per heavy atom. The smallest absolute Gasteiger partial charge is 0.260 e. The summed E-state index contributed by atoms with van der Waals surface area (Å²) in [5.41, 5.74) is 10.1. The molecule has 9 heteroatoms. The third kappa shape index (κ3) is 6.95. The van der Waals surface area contributed by atoms with Gasteiger partial charge < -0.3 is 20.4 Å². The minimum Gasteiger partial charge on any atom is -0.472 e. The molecule has 0 amide bonds. The molecule has 1 aromatic carbocycles. The lowest BCUT2D eigenvalue weighted by Gasteiger charge is -2.14. The summed E-state index contributed by atoms with van der Waals surface area (Å²) in [5.74, 6) is 1.82. The van der Waals surface area contributed by atoms with Gasteiger partial charge in [0.05, 0.1) is 6.10 Å². The Bertz CT molecular complexity index is 973. The van der Waals surface area contributed by atoms with Gasteiger partial charge in [-0.2, -0.15) is 0 Å². The van der Waals surface area contributed by atoms with Gasteiger partial charge >= 0.3 is 0 Å². The zero-order valence-electron chi connectivity index (χ0n) is 19.6. The Balaban J connectivity index is 0.00000256. The number of hydrogen-bond acceptors (Lipinski definition) is 6. The Hall–Kier alpha value is -2.09. The summed E-state index contributed by atoms with van der Waals surface area (Å²) >= 11 is 0. The van der Waals surface area contributed by atoms with E-state index in [1.807, 2.05) is 13.8 Å². The first-order chi connectivity index (χ1) is 14.4. The number of unbranched alkanes of at least 4 members (excludes halogenated alkanes) is 1. The summed E-state index contributed by atoms with van der Waals surface area (Å²) in [5, 5.41) is 11.8.